The molecule has 1 heterocycles. The largest absolute Gasteiger partial charge is 0.469 e. The maximum Gasteiger partial charge on any atom is 0.306 e. The van der Waals surface area contributed by atoms with E-state index in [4.69, 9.17) is 4.42 Å². The molecule has 0 saturated heterocycles. The second-order valence-electron chi connectivity index (χ2n) is 3.73. The molecule has 0 radical (unpaired) electrons. The van der Waals surface area contributed by atoms with E-state index < -0.39 is 0 Å². The highest BCUT2D eigenvalue weighted by molar-refractivity contribution is 7.99. The predicted molar refractivity (Wildman–Crippen MR) is 60.2 cm³/mol. The van der Waals surface area contributed by atoms with Crippen molar-refractivity contribution >= 4 is 17.7 Å². The summed E-state index contributed by atoms with van der Waals surface area (Å²) >= 11 is 1.37. The molecule has 90 valence electrons. The van der Waals surface area contributed by atoms with Crippen molar-refractivity contribution in [2.75, 3.05) is 12.9 Å². The van der Waals surface area contributed by atoms with Gasteiger partial charge in [-0.1, -0.05) is 25.6 Å². The van der Waals surface area contributed by atoms with Gasteiger partial charge in [-0.25, -0.2) is 0 Å². The number of hydrogen-bond donors (Lipinski definition) is 0. The smallest absolute Gasteiger partial charge is 0.306 e. The summed E-state index contributed by atoms with van der Waals surface area (Å²) in [5, 5.41) is 8.32. The minimum Gasteiger partial charge on any atom is -0.469 e. The highest BCUT2D eigenvalue weighted by atomic mass is 32.2. The maximum absolute atomic E-state index is 10.9. The van der Waals surface area contributed by atoms with Gasteiger partial charge < -0.3 is 9.15 Å². The Labute approximate surface area is 99.0 Å². The Morgan fingerprint density at radius 2 is 2.25 bits per heavy atom. The van der Waals surface area contributed by atoms with Crippen molar-refractivity contribution in [3.63, 3.8) is 0 Å². The molecule has 0 spiro atoms. The van der Waals surface area contributed by atoms with E-state index in [9.17, 15) is 4.79 Å². The molecular formula is C10H16N2O3S. The molecule has 16 heavy (non-hydrogen) atoms. The van der Waals surface area contributed by atoms with E-state index in [0.29, 0.717) is 29.2 Å². The van der Waals surface area contributed by atoms with Crippen LogP contribution in [0.15, 0.2) is 9.64 Å². The molecule has 0 amide bonds. The van der Waals surface area contributed by atoms with Crippen LogP contribution in [0.1, 0.15) is 26.2 Å². The van der Waals surface area contributed by atoms with Crippen LogP contribution in [0, 0.1) is 5.92 Å². The molecule has 0 bridgehead atoms. The molecule has 0 atom stereocenters. The van der Waals surface area contributed by atoms with Crippen LogP contribution in [0.3, 0.4) is 0 Å². The van der Waals surface area contributed by atoms with E-state index in [1.807, 2.05) is 0 Å². The Balaban J connectivity index is 2.32. The highest BCUT2D eigenvalue weighted by Crippen LogP contribution is 2.18. The first-order valence-corrected chi connectivity index (χ1v) is 6.12. The van der Waals surface area contributed by atoms with Crippen molar-refractivity contribution in [3.05, 3.63) is 5.89 Å². The number of rotatable bonds is 6. The van der Waals surface area contributed by atoms with Gasteiger partial charge in [0.25, 0.3) is 5.22 Å². The molecule has 0 aromatic carbocycles. The quantitative estimate of drug-likeness (QED) is 0.562. The molecule has 0 aliphatic carbocycles. The summed E-state index contributed by atoms with van der Waals surface area (Å²) in [5.74, 6) is 1.51. The zero-order valence-corrected chi connectivity index (χ0v) is 10.5. The fourth-order valence-electron chi connectivity index (χ4n) is 1.05. The van der Waals surface area contributed by atoms with Gasteiger partial charge in [-0.15, -0.1) is 10.2 Å². The summed E-state index contributed by atoms with van der Waals surface area (Å²) < 4.78 is 9.93. The van der Waals surface area contributed by atoms with Crippen LogP contribution in [0.25, 0.3) is 0 Å². The van der Waals surface area contributed by atoms with Gasteiger partial charge in [0.2, 0.25) is 5.89 Å². The van der Waals surface area contributed by atoms with Gasteiger partial charge in [0.1, 0.15) is 0 Å². The van der Waals surface area contributed by atoms with Gasteiger partial charge in [-0.3, -0.25) is 4.79 Å². The second-order valence-corrected chi connectivity index (χ2v) is 4.78. The summed E-state index contributed by atoms with van der Waals surface area (Å²) in [6.45, 7) is 4.18. The number of ether oxygens (including phenoxy) is 1. The van der Waals surface area contributed by atoms with Crippen LogP contribution >= 0.6 is 11.8 Å². The van der Waals surface area contributed by atoms with Gasteiger partial charge in [0, 0.05) is 12.2 Å². The predicted octanol–water partition coefficient (Wildman–Crippen LogP) is 1.92. The fraction of sp³-hybridized carbons (Fsp3) is 0.700. The lowest BCUT2D eigenvalue weighted by Gasteiger charge is -1.97. The average molecular weight is 244 g/mol. The SMILES string of the molecule is COC(=O)CCSc1nnc(CC(C)C)o1. The molecule has 6 heteroatoms. The van der Waals surface area contributed by atoms with Gasteiger partial charge in [0.15, 0.2) is 0 Å². The Morgan fingerprint density at radius 3 is 2.88 bits per heavy atom. The summed E-state index contributed by atoms with van der Waals surface area (Å²) in [4.78, 5) is 10.9. The number of carbonyl (C=O) groups excluding carboxylic acids is 1. The van der Waals surface area contributed by atoms with Gasteiger partial charge >= 0.3 is 5.97 Å². The first kappa shape index (κ1) is 13.0. The van der Waals surface area contributed by atoms with E-state index in [1.165, 1.54) is 18.9 Å². The second kappa shape index (κ2) is 6.52. The van der Waals surface area contributed by atoms with E-state index in [1.54, 1.807) is 0 Å². The lowest BCUT2D eigenvalue weighted by molar-refractivity contribution is -0.140. The van der Waals surface area contributed by atoms with Crippen molar-refractivity contribution in [2.45, 2.75) is 31.9 Å². The summed E-state index contributed by atoms with van der Waals surface area (Å²) in [6.07, 6.45) is 1.13. The fourth-order valence-corrected chi connectivity index (χ4v) is 1.75. The third-order valence-corrected chi connectivity index (χ3v) is 2.61. The van der Waals surface area contributed by atoms with Crippen LogP contribution in [0.5, 0.6) is 0 Å². The van der Waals surface area contributed by atoms with Crippen LogP contribution in [0.4, 0.5) is 0 Å². The molecule has 0 aliphatic rings. The van der Waals surface area contributed by atoms with E-state index in [-0.39, 0.29) is 5.97 Å². The van der Waals surface area contributed by atoms with Gasteiger partial charge in [-0.2, -0.15) is 0 Å². The molecule has 0 aliphatic heterocycles. The first-order chi connectivity index (χ1) is 7.61. The number of nitrogens with zero attached hydrogens (tertiary/aromatic N) is 2. The Morgan fingerprint density at radius 1 is 1.50 bits per heavy atom. The molecule has 0 N–H and O–H groups in total. The minimum absolute atomic E-state index is 0.227. The Bertz CT molecular complexity index is 339. The molecule has 1 aromatic rings. The zero-order valence-electron chi connectivity index (χ0n) is 9.73. The maximum atomic E-state index is 10.9. The molecular weight excluding hydrogens is 228 g/mol. The topological polar surface area (TPSA) is 65.2 Å². The Kier molecular flexibility index (Phi) is 5.31. The molecule has 1 rings (SSSR count). The van der Waals surface area contributed by atoms with Crippen molar-refractivity contribution in [2.24, 2.45) is 5.92 Å². The Hall–Kier alpha value is -1.04. The molecule has 0 saturated carbocycles. The van der Waals surface area contributed by atoms with Gasteiger partial charge in [-0.05, 0) is 5.92 Å². The molecule has 0 fully saturated rings. The van der Waals surface area contributed by atoms with Crippen molar-refractivity contribution in [1.82, 2.24) is 10.2 Å². The normalized spacial score (nSPS) is 10.8. The first-order valence-electron chi connectivity index (χ1n) is 5.13. The number of thioether (sulfide) groups is 1. The monoisotopic (exact) mass is 244 g/mol. The molecule has 5 nitrogen and oxygen atoms in total. The van der Waals surface area contributed by atoms with E-state index >= 15 is 0 Å². The lowest BCUT2D eigenvalue weighted by Crippen LogP contribution is -2.00. The molecule has 1 aromatic heterocycles. The zero-order chi connectivity index (χ0) is 12.0. The van der Waals surface area contributed by atoms with Crippen LogP contribution in [0.2, 0.25) is 0 Å². The number of aromatic nitrogens is 2. The number of carbonyl (C=O) groups is 1. The third-order valence-electron chi connectivity index (χ3n) is 1.79. The number of esters is 1. The van der Waals surface area contributed by atoms with Crippen molar-refractivity contribution < 1.29 is 13.9 Å². The van der Waals surface area contributed by atoms with Crippen LogP contribution < -0.4 is 0 Å². The standard InChI is InChI=1S/C10H16N2O3S/c1-7(2)6-8-11-12-10(15-8)16-5-4-9(13)14-3/h7H,4-6H2,1-3H3. The van der Waals surface area contributed by atoms with Crippen LogP contribution in [-0.2, 0) is 16.0 Å². The molecule has 0 unspecified atom stereocenters. The summed E-state index contributed by atoms with van der Waals surface area (Å²) in [7, 11) is 1.38. The number of hydrogen-bond acceptors (Lipinski definition) is 6. The average Bonchev–Trinajstić information content (AvgIpc) is 2.64. The van der Waals surface area contributed by atoms with Crippen molar-refractivity contribution in [3.8, 4) is 0 Å². The van der Waals surface area contributed by atoms with E-state index in [2.05, 4.69) is 28.8 Å². The van der Waals surface area contributed by atoms with Crippen molar-refractivity contribution in [1.29, 1.82) is 0 Å². The third kappa shape index (κ3) is 4.65. The minimum atomic E-state index is -0.227. The lowest BCUT2D eigenvalue weighted by atomic mass is 10.1. The summed E-state index contributed by atoms with van der Waals surface area (Å²) in [5.41, 5.74) is 0. The summed E-state index contributed by atoms with van der Waals surface area (Å²) in [6, 6.07) is 0. The highest BCUT2D eigenvalue weighted by Gasteiger charge is 2.09. The van der Waals surface area contributed by atoms with Crippen LogP contribution in [-0.4, -0.2) is 29.0 Å². The van der Waals surface area contributed by atoms with Gasteiger partial charge in [0.05, 0.1) is 13.5 Å². The van der Waals surface area contributed by atoms with E-state index in [0.717, 1.165) is 6.42 Å². The number of methoxy groups -OCH3 is 1.